The van der Waals surface area contributed by atoms with E-state index in [4.69, 9.17) is 0 Å². The van der Waals surface area contributed by atoms with E-state index in [1.807, 2.05) is 13.0 Å². The largest absolute Gasteiger partial charge is 0.508 e. The van der Waals surface area contributed by atoms with Gasteiger partial charge in [-0.1, -0.05) is 56.5 Å². The van der Waals surface area contributed by atoms with Crippen LogP contribution in [0.3, 0.4) is 0 Å². The predicted octanol–water partition coefficient (Wildman–Crippen LogP) is 5.60. The molecular weight excluding hydrogens is 481 g/mol. The first-order valence-electron chi connectivity index (χ1n) is 9.57. The van der Waals surface area contributed by atoms with Crippen LogP contribution in [0.2, 0.25) is 32.7 Å². The molecule has 0 heterocycles. The number of halogens is 2. The van der Waals surface area contributed by atoms with E-state index in [1.165, 1.54) is 22.7 Å². The maximum atomic E-state index is 9.38. The molecule has 0 saturated carbocycles. The van der Waals surface area contributed by atoms with E-state index in [-0.39, 0.29) is 46.5 Å². The van der Waals surface area contributed by atoms with Crippen molar-refractivity contribution in [3.8, 4) is 5.75 Å². The van der Waals surface area contributed by atoms with Crippen LogP contribution >= 0.6 is 24.8 Å². The summed E-state index contributed by atoms with van der Waals surface area (Å²) in [5, 5.41) is 10.7. The molecule has 168 valence electrons. The fourth-order valence-corrected chi connectivity index (χ4v) is 4.14. The molecular formula is C23H38Cl2NOSi2Ti-. The molecule has 1 unspecified atom stereocenters. The summed E-state index contributed by atoms with van der Waals surface area (Å²) in [6, 6.07) is 15.1. The summed E-state index contributed by atoms with van der Waals surface area (Å²) in [5.41, 5.74) is 4.04. The van der Waals surface area contributed by atoms with Gasteiger partial charge in [-0.15, -0.1) is 42.5 Å². The number of likely N-dealkylation sites (N-methyl/N-ethyl adjacent to an activating group) is 1. The summed E-state index contributed by atoms with van der Waals surface area (Å²) < 4.78 is 0. The van der Waals surface area contributed by atoms with E-state index in [9.17, 15) is 5.11 Å². The number of nitrogens with zero attached hydrogens (tertiary/aromatic N) is 1. The van der Waals surface area contributed by atoms with E-state index < -0.39 is 8.07 Å². The van der Waals surface area contributed by atoms with Crippen LogP contribution in [0.15, 0.2) is 42.5 Å². The molecule has 7 heteroatoms. The molecule has 0 spiro atoms. The van der Waals surface area contributed by atoms with Crippen molar-refractivity contribution in [2.24, 2.45) is 0 Å². The Morgan fingerprint density at radius 2 is 1.57 bits per heavy atom. The Hall–Kier alpha value is -0.202. The molecule has 1 N–H and O–H groups in total. The maximum absolute atomic E-state index is 9.38. The molecule has 2 aromatic carbocycles. The summed E-state index contributed by atoms with van der Waals surface area (Å²) in [7, 11) is 4.09. The van der Waals surface area contributed by atoms with Gasteiger partial charge in [0, 0.05) is 31.2 Å². The summed E-state index contributed by atoms with van der Waals surface area (Å²) in [6.45, 7) is 13.2. The number of hydrogen-bond acceptors (Lipinski definition) is 2. The number of phenolic OH excluding ortho intramolecular Hbond substituents is 1. The molecule has 2 aromatic rings. The molecule has 30 heavy (non-hydrogen) atoms. The topological polar surface area (TPSA) is 23.5 Å². The number of aryl methyl sites for hydroxylation is 1. The average Bonchev–Trinajstić information content (AvgIpc) is 2.99. The molecule has 3 rings (SSSR count). The van der Waals surface area contributed by atoms with Crippen molar-refractivity contribution in [2.75, 3.05) is 14.1 Å². The summed E-state index contributed by atoms with van der Waals surface area (Å²) in [4.78, 5) is 2.26. The first-order valence-corrected chi connectivity index (χ1v) is 15.1. The van der Waals surface area contributed by atoms with Crippen LogP contribution in [0, 0.1) is 13.3 Å². The van der Waals surface area contributed by atoms with Crippen molar-refractivity contribution in [2.45, 2.75) is 52.1 Å². The second-order valence-electron chi connectivity index (χ2n) is 8.41. The van der Waals surface area contributed by atoms with Crippen LogP contribution in [-0.4, -0.2) is 47.7 Å². The number of aromatic hydroxyl groups is 1. The zero-order valence-electron chi connectivity index (χ0n) is 19.6. The number of hydrogen-bond donors (Lipinski definition) is 1. The summed E-state index contributed by atoms with van der Waals surface area (Å²) in [6.07, 6.45) is 3.51. The Labute approximate surface area is 215 Å². The molecule has 1 atom stereocenters. The van der Waals surface area contributed by atoms with Gasteiger partial charge in [-0.3, -0.25) is 0 Å². The molecule has 0 amide bonds. The van der Waals surface area contributed by atoms with Crippen molar-refractivity contribution >= 4 is 47.6 Å². The van der Waals surface area contributed by atoms with Crippen molar-refractivity contribution in [1.29, 1.82) is 0 Å². The molecule has 0 aromatic heterocycles. The molecule has 0 bridgehead atoms. The Morgan fingerprint density at radius 1 is 1.03 bits per heavy atom. The minimum Gasteiger partial charge on any atom is -0.508 e. The predicted molar refractivity (Wildman–Crippen MR) is 139 cm³/mol. The SMILES string of the molecule is CN(C)C1[CH-]c2ccccc2C1.C[Si]C.Cc1cc(O)cc([Si](C)(C)C)c1.Cl.Cl.[Ti]. The van der Waals surface area contributed by atoms with Gasteiger partial charge in [0.25, 0.3) is 0 Å². The van der Waals surface area contributed by atoms with Crippen LogP contribution < -0.4 is 5.19 Å². The van der Waals surface area contributed by atoms with Gasteiger partial charge in [-0.25, -0.2) is 0 Å². The van der Waals surface area contributed by atoms with Crippen molar-refractivity contribution < 1.29 is 26.8 Å². The Kier molecular flexibility index (Phi) is 18.9. The number of fused-ring (bicyclic) bond motifs is 1. The third-order valence-electron chi connectivity index (χ3n) is 4.45. The molecule has 1 aliphatic rings. The smallest absolute Gasteiger partial charge is 0.115 e. The van der Waals surface area contributed by atoms with E-state index in [0.717, 1.165) is 15.1 Å². The number of rotatable bonds is 2. The number of benzene rings is 2. The molecule has 0 fully saturated rings. The van der Waals surface area contributed by atoms with Crippen LogP contribution in [0.5, 0.6) is 5.75 Å². The van der Waals surface area contributed by atoms with Gasteiger partial charge in [0.15, 0.2) is 0 Å². The van der Waals surface area contributed by atoms with Crippen molar-refractivity contribution in [3.63, 3.8) is 0 Å². The summed E-state index contributed by atoms with van der Waals surface area (Å²) >= 11 is 0. The first-order chi connectivity index (χ1) is 12.6. The van der Waals surface area contributed by atoms with Gasteiger partial charge in [0.2, 0.25) is 0 Å². The normalized spacial score (nSPS) is 13.6. The van der Waals surface area contributed by atoms with Crippen LogP contribution in [0.4, 0.5) is 0 Å². The first kappa shape index (κ1) is 34.4. The third kappa shape index (κ3) is 12.0. The quantitative estimate of drug-likeness (QED) is 0.413. The van der Waals surface area contributed by atoms with E-state index >= 15 is 0 Å². The minimum absolute atomic E-state index is 0. The molecule has 2 radical (unpaired) electrons. The zero-order chi connectivity index (χ0) is 20.6. The van der Waals surface area contributed by atoms with Gasteiger partial charge in [0.1, 0.15) is 5.75 Å². The fraction of sp³-hybridized carbons (Fsp3) is 0.435. The van der Waals surface area contributed by atoms with Gasteiger partial charge in [-0.05, 0) is 44.8 Å². The maximum Gasteiger partial charge on any atom is 0.115 e. The fourth-order valence-electron chi connectivity index (χ4n) is 2.90. The number of phenols is 1. The van der Waals surface area contributed by atoms with Gasteiger partial charge in [0.05, 0.1) is 8.07 Å². The van der Waals surface area contributed by atoms with E-state index in [0.29, 0.717) is 11.8 Å². The van der Waals surface area contributed by atoms with Gasteiger partial charge in [-0.2, -0.15) is 18.1 Å². The Morgan fingerprint density at radius 3 is 2.00 bits per heavy atom. The summed E-state index contributed by atoms with van der Waals surface area (Å²) in [5.74, 6) is 0.396. The average molecular weight is 520 g/mol. The molecule has 2 nitrogen and oxygen atoms in total. The Balaban J connectivity index is -0.000000395. The second kappa shape index (κ2) is 16.4. The monoisotopic (exact) mass is 518 g/mol. The second-order valence-corrected chi connectivity index (χ2v) is 14.5. The van der Waals surface area contributed by atoms with E-state index in [1.54, 1.807) is 6.07 Å². The van der Waals surface area contributed by atoms with Crippen LogP contribution in [0.25, 0.3) is 0 Å². The standard InChI is InChI=1S/C11H14N.C10H16OSi.C2H6Si.2ClH.Ti/c1-12(2)11-7-9-5-3-4-6-10(9)8-11;1-8-5-9(11)7-10(6-8)12(2,3)4;1-3-2;;;/h3-7,11H,8H2,1-2H3;5-7,11H,1-4H3;1-2H3;2*1H;/q-1;;;;;. The van der Waals surface area contributed by atoms with Crippen molar-refractivity contribution in [3.05, 3.63) is 65.6 Å². The third-order valence-corrected chi connectivity index (χ3v) is 6.47. The van der Waals surface area contributed by atoms with Crippen LogP contribution in [0.1, 0.15) is 16.7 Å². The Bertz CT molecular complexity index is 679. The van der Waals surface area contributed by atoms with E-state index in [2.05, 4.69) is 88.5 Å². The molecule has 1 aliphatic carbocycles. The van der Waals surface area contributed by atoms with Crippen molar-refractivity contribution in [1.82, 2.24) is 4.90 Å². The molecule has 0 aliphatic heterocycles. The van der Waals surface area contributed by atoms with Gasteiger partial charge >= 0.3 is 0 Å². The minimum atomic E-state index is -1.26. The van der Waals surface area contributed by atoms with Gasteiger partial charge < -0.3 is 10.0 Å². The molecule has 0 saturated heterocycles. The zero-order valence-corrected chi connectivity index (χ0v) is 24.8. The van der Waals surface area contributed by atoms with Crippen LogP contribution in [-0.2, 0) is 28.1 Å².